The normalized spacial score (nSPS) is 22.3. The topological polar surface area (TPSA) is 58.4 Å². The van der Waals surface area contributed by atoms with Gasteiger partial charge in [0.05, 0.1) is 29.1 Å². The first kappa shape index (κ1) is 20.9. The first-order valence-electron chi connectivity index (χ1n) is 10.8. The van der Waals surface area contributed by atoms with Gasteiger partial charge in [-0.15, -0.1) is 0 Å². The molecule has 5 rings (SSSR count). The van der Waals surface area contributed by atoms with Crippen molar-refractivity contribution in [2.75, 3.05) is 37.7 Å². The van der Waals surface area contributed by atoms with Gasteiger partial charge in [-0.2, -0.15) is 0 Å². The molecule has 2 fully saturated rings. The van der Waals surface area contributed by atoms with E-state index in [0.717, 1.165) is 62.5 Å². The van der Waals surface area contributed by atoms with Crippen molar-refractivity contribution in [1.29, 1.82) is 0 Å². The molecule has 0 amide bonds. The number of benzene rings is 2. The van der Waals surface area contributed by atoms with E-state index < -0.39 is 9.84 Å². The largest absolute Gasteiger partial charge is 0.322 e. The van der Waals surface area contributed by atoms with Crippen LogP contribution in [-0.4, -0.2) is 71.5 Å². The van der Waals surface area contributed by atoms with Crippen LogP contribution in [0.2, 0.25) is 5.02 Å². The molecule has 8 heteroatoms. The summed E-state index contributed by atoms with van der Waals surface area (Å²) < 4.78 is 25.9. The quantitative estimate of drug-likeness (QED) is 0.588. The van der Waals surface area contributed by atoms with Crippen LogP contribution >= 0.6 is 11.6 Å². The summed E-state index contributed by atoms with van der Waals surface area (Å²) in [6.45, 7) is 5.21. The predicted octanol–water partition coefficient (Wildman–Crippen LogP) is 3.04. The van der Waals surface area contributed by atoms with E-state index in [2.05, 4.69) is 44.7 Å². The van der Waals surface area contributed by atoms with Crippen LogP contribution in [0.3, 0.4) is 0 Å². The van der Waals surface area contributed by atoms with E-state index in [1.807, 2.05) is 18.2 Å². The Morgan fingerprint density at radius 2 is 1.77 bits per heavy atom. The highest BCUT2D eigenvalue weighted by Crippen LogP contribution is 2.24. The van der Waals surface area contributed by atoms with E-state index >= 15 is 0 Å². The Bertz CT molecular complexity index is 1170. The summed E-state index contributed by atoms with van der Waals surface area (Å²) in [5, 5.41) is 0.698. The molecule has 0 bridgehead atoms. The Balaban J connectivity index is 1.33. The van der Waals surface area contributed by atoms with Crippen LogP contribution in [0.15, 0.2) is 48.5 Å². The summed E-state index contributed by atoms with van der Waals surface area (Å²) in [7, 11) is -2.84. The van der Waals surface area contributed by atoms with Crippen LogP contribution in [0.5, 0.6) is 0 Å². The minimum atomic E-state index is -2.84. The second kappa shape index (κ2) is 8.54. The van der Waals surface area contributed by atoms with E-state index in [4.69, 9.17) is 16.6 Å². The molecule has 2 saturated heterocycles. The van der Waals surface area contributed by atoms with E-state index in [1.54, 1.807) is 0 Å². The molecule has 1 aromatic heterocycles. The van der Waals surface area contributed by atoms with Crippen LogP contribution in [-0.2, 0) is 22.9 Å². The first-order valence-corrected chi connectivity index (χ1v) is 13.0. The van der Waals surface area contributed by atoms with Gasteiger partial charge in [-0.05, 0) is 30.2 Å². The maximum atomic E-state index is 11.8. The molecule has 164 valence electrons. The standard InChI is InChI=1S/C23H27ClN4O2S/c24-19-6-7-22-21(14-19)25-23(28(22)15-18-4-2-1-3-5-18)16-26-9-11-27(12-10-26)20-8-13-31(29,30)17-20/h1-7,14,20H,8-13,15-17H2. The van der Waals surface area contributed by atoms with E-state index in [-0.39, 0.29) is 6.04 Å². The molecule has 0 radical (unpaired) electrons. The molecule has 1 unspecified atom stereocenters. The van der Waals surface area contributed by atoms with Gasteiger partial charge in [0, 0.05) is 43.8 Å². The fourth-order valence-corrected chi connectivity index (χ4v) is 6.69. The molecule has 0 spiro atoms. The lowest BCUT2D eigenvalue weighted by atomic mass is 10.2. The number of hydrogen-bond donors (Lipinski definition) is 0. The lowest BCUT2D eigenvalue weighted by Gasteiger charge is -2.37. The van der Waals surface area contributed by atoms with Gasteiger partial charge in [0.25, 0.3) is 0 Å². The molecule has 2 aromatic carbocycles. The average Bonchev–Trinajstić information content (AvgIpc) is 3.28. The lowest BCUT2D eigenvalue weighted by molar-refractivity contribution is 0.0978. The maximum Gasteiger partial charge on any atom is 0.151 e. The summed E-state index contributed by atoms with van der Waals surface area (Å²) >= 11 is 6.22. The number of sulfone groups is 1. The van der Waals surface area contributed by atoms with E-state index in [9.17, 15) is 8.42 Å². The van der Waals surface area contributed by atoms with Crippen molar-refractivity contribution in [3.05, 3.63) is 64.9 Å². The third-order valence-electron chi connectivity index (χ3n) is 6.47. The molecule has 1 atom stereocenters. The van der Waals surface area contributed by atoms with Crippen LogP contribution < -0.4 is 0 Å². The molecule has 0 aliphatic carbocycles. The Morgan fingerprint density at radius 1 is 1.00 bits per heavy atom. The molecule has 6 nitrogen and oxygen atoms in total. The zero-order valence-corrected chi connectivity index (χ0v) is 19.0. The van der Waals surface area contributed by atoms with Gasteiger partial charge >= 0.3 is 0 Å². The third kappa shape index (κ3) is 4.65. The minimum Gasteiger partial charge on any atom is -0.322 e. The Hall–Kier alpha value is -1.93. The molecule has 31 heavy (non-hydrogen) atoms. The second-order valence-corrected chi connectivity index (χ2v) is 11.3. The minimum absolute atomic E-state index is 0.192. The van der Waals surface area contributed by atoms with Crippen LogP contribution in [0.4, 0.5) is 0 Å². The van der Waals surface area contributed by atoms with Gasteiger partial charge in [-0.3, -0.25) is 9.80 Å². The number of rotatable bonds is 5. The van der Waals surface area contributed by atoms with E-state index in [1.165, 1.54) is 5.56 Å². The predicted molar refractivity (Wildman–Crippen MR) is 124 cm³/mol. The molecule has 2 aliphatic heterocycles. The monoisotopic (exact) mass is 458 g/mol. The molecule has 3 aromatic rings. The van der Waals surface area contributed by atoms with Gasteiger partial charge in [0.15, 0.2) is 9.84 Å². The van der Waals surface area contributed by atoms with Crippen molar-refractivity contribution in [2.45, 2.75) is 25.6 Å². The van der Waals surface area contributed by atoms with Crippen molar-refractivity contribution in [3.63, 3.8) is 0 Å². The summed E-state index contributed by atoms with van der Waals surface area (Å²) in [5.41, 5.74) is 3.26. The molecule has 2 aliphatic rings. The Kier molecular flexibility index (Phi) is 5.77. The summed E-state index contributed by atoms with van der Waals surface area (Å²) in [6.07, 6.45) is 0.774. The molecule has 0 saturated carbocycles. The number of aromatic nitrogens is 2. The van der Waals surface area contributed by atoms with Crippen LogP contribution in [0.1, 0.15) is 17.8 Å². The Labute approximate surface area is 188 Å². The fourth-order valence-electron chi connectivity index (χ4n) is 4.77. The molecule has 3 heterocycles. The van der Waals surface area contributed by atoms with E-state index in [0.29, 0.717) is 16.5 Å². The first-order chi connectivity index (χ1) is 15.0. The third-order valence-corrected chi connectivity index (χ3v) is 8.46. The number of halogens is 1. The second-order valence-electron chi connectivity index (χ2n) is 8.60. The summed E-state index contributed by atoms with van der Waals surface area (Å²) in [4.78, 5) is 9.70. The van der Waals surface area contributed by atoms with Crippen LogP contribution in [0, 0.1) is 0 Å². The van der Waals surface area contributed by atoms with Crippen molar-refractivity contribution in [2.24, 2.45) is 0 Å². The maximum absolute atomic E-state index is 11.8. The van der Waals surface area contributed by atoms with Crippen molar-refractivity contribution >= 4 is 32.5 Å². The summed E-state index contributed by atoms with van der Waals surface area (Å²) in [6, 6.07) is 16.5. The van der Waals surface area contributed by atoms with Gasteiger partial charge in [-0.25, -0.2) is 13.4 Å². The number of fused-ring (bicyclic) bond motifs is 1. The van der Waals surface area contributed by atoms with Crippen molar-refractivity contribution in [1.82, 2.24) is 19.4 Å². The smallest absolute Gasteiger partial charge is 0.151 e. The SMILES string of the molecule is O=S1(=O)CCC(N2CCN(Cc3nc4cc(Cl)ccc4n3Cc3ccccc3)CC2)C1. The molecule has 0 N–H and O–H groups in total. The average molecular weight is 459 g/mol. The fraction of sp³-hybridized carbons (Fsp3) is 0.435. The highest BCUT2D eigenvalue weighted by Gasteiger charge is 2.33. The number of piperazine rings is 1. The van der Waals surface area contributed by atoms with Crippen LogP contribution in [0.25, 0.3) is 11.0 Å². The summed E-state index contributed by atoms with van der Waals surface area (Å²) in [5.74, 6) is 1.70. The molecular weight excluding hydrogens is 432 g/mol. The van der Waals surface area contributed by atoms with Gasteiger partial charge in [0.2, 0.25) is 0 Å². The Morgan fingerprint density at radius 3 is 2.48 bits per heavy atom. The van der Waals surface area contributed by atoms with Crippen molar-refractivity contribution < 1.29 is 8.42 Å². The lowest BCUT2D eigenvalue weighted by Crippen LogP contribution is -2.50. The zero-order valence-electron chi connectivity index (χ0n) is 17.5. The number of nitrogens with zero attached hydrogens (tertiary/aromatic N) is 4. The number of imidazole rings is 1. The molecular formula is C23H27ClN4O2S. The zero-order chi connectivity index (χ0) is 21.4. The van der Waals surface area contributed by atoms with Crippen molar-refractivity contribution in [3.8, 4) is 0 Å². The van der Waals surface area contributed by atoms with Gasteiger partial charge in [0.1, 0.15) is 5.82 Å². The van der Waals surface area contributed by atoms with Gasteiger partial charge in [-0.1, -0.05) is 41.9 Å². The highest BCUT2D eigenvalue weighted by molar-refractivity contribution is 7.91. The van der Waals surface area contributed by atoms with Gasteiger partial charge < -0.3 is 4.57 Å². The highest BCUT2D eigenvalue weighted by atomic mass is 35.5. The number of hydrogen-bond acceptors (Lipinski definition) is 5.